The van der Waals surface area contributed by atoms with Crippen molar-refractivity contribution in [2.75, 3.05) is 20.3 Å². The monoisotopic (exact) mass is 540 g/mol. The van der Waals surface area contributed by atoms with Crippen LogP contribution in [0.4, 0.5) is 4.79 Å². The highest BCUT2D eigenvalue weighted by molar-refractivity contribution is 7.09. The highest BCUT2D eigenvalue weighted by atomic mass is 32.1. The van der Waals surface area contributed by atoms with Crippen molar-refractivity contribution in [2.24, 2.45) is 0 Å². The van der Waals surface area contributed by atoms with Crippen LogP contribution in [0, 0.1) is 0 Å². The van der Waals surface area contributed by atoms with Gasteiger partial charge in [0.2, 0.25) is 0 Å². The molecule has 1 amide bonds. The molecular weight excluding hydrogens is 504 g/mol. The molecule has 38 heavy (non-hydrogen) atoms. The Kier molecular flexibility index (Phi) is 9.74. The summed E-state index contributed by atoms with van der Waals surface area (Å²) in [6, 6.07) is 16.1. The molecule has 0 aliphatic heterocycles. The van der Waals surface area contributed by atoms with Crippen LogP contribution in [0.2, 0.25) is 0 Å². The number of amides is 1. The van der Waals surface area contributed by atoms with Gasteiger partial charge in [-0.05, 0) is 62.6 Å². The maximum absolute atomic E-state index is 11.7. The Morgan fingerprint density at radius 1 is 0.895 bits per heavy atom. The number of hydrogen-bond donors (Lipinski definition) is 1. The molecule has 0 fully saturated rings. The minimum atomic E-state index is -0.507. The second kappa shape index (κ2) is 12.8. The van der Waals surface area contributed by atoms with Crippen molar-refractivity contribution in [3.63, 3.8) is 0 Å². The van der Waals surface area contributed by atoms with E-state index in [4.69, 9.17) is 14.2 Å². The quantitative estimate of drug-likeness (QED) is 0.231. The Morgan fingerprint density at radius 2 is 1.47 bits per heavy atom. The van der Waals surface area contributed by atoms with Crippen LogP contribution < -0.4 is 14.8 Å². The van der Waals surface area contributed by atoms with Gasteiger partial charge in [0.1, 0.15) is 28.7 Å². The molecule has 2 aromatic carbocycles. The lowest BCUT2D eigenvalue weighted by Gasteiger charge is -2.26. The number of hydrogen-bond acceptors (Lipinski definition) is 8. The second-order valence-corrected chi connectivity index (χ2v) is 11.2. The molecule has 0 saturated heterocycles. The summed E-state index contributed by atoms with van der Waals surface area (Å²) < 4.78 is 21.6. The van der Waals surface area contributed by atoms with Gasteiger partial charge in [-0.25, -0.2) is 14.6 Å². The van der Waals surface area contributed by atoms with Crippen LogP contribution in [0.25, 0.3) is 0 Å². The molecule has 0 aliphatic rings. The number of ether oxygens (including phenoxy) is 4. The largest absolute Gasteiger partial charge is 0.494 e. The number of nitrogens with zero attached hydrogens (tertiary/aromatic N) is 1. The molecule has 0 unspecified atom stereocenters. The zero-order chi connectivity index (χ0) is 27.8. The van der Waals surface area contributed by atoms with E-state index in [1.54, 1.807) is 5.38 Å². The lowest BCUT2D eigenvalue weighted by atomic mass is 9.78. The number of thiazole rings is 1. The molecule has 0 aliphatic carbocycles. The van der Waals surface area contributed by atoms with Crippen LogP contribution in [-0.4, -0.2) is 42.9 Å². The standard InChI is InChI=1S/C29H36N2O6S/c1-28(2,3)37-27(33)30-16-7-17-35-22-12-8-20(9-13-22)29(4,5)21-10-14-23(15-11-21)36-18-25-31-24(19-38-25)26(32)34-6/h8-15,19H,7,16-18H2,1-6H3,(H,30,33). The first kappa shape index (κ1) is 29.0. The molecule has 0 atom stereocenters. The number of carbonyl (C=O) groups excluding carboxylic acids is 2. The number of esters is 1. The van der Waals surface area contributed by atoms with Crippen LogP contribution >= 0.6 is 11.3 Å². The molecule has 9 heteroatoms. The Morgan fingerprint density at radius 3 is 2.03 bits per heavy atom. The van der Waals surface area contributed by atoms with E-state index in [-0.39, 0.29) is 12.0 Å². The molecule has 0 bridgehead atoms. The van der Waals surface area contributed by atoms with Crippen LogP contribution in [0.1, 0.15) is 67.7 Å². The first-order valence-electron chi connectivity index (χ1n) is 12.4. The van der Waals surface area contributed by atoms with Crippen LogP contribution in [0.5, 0.6) is 11.5 Å². The summed E-state index contributed by atoms with van der Waals surface area (Å²) >= 11 is 1.36. The SMILES string of the molecule is COC(=O)c1csc(COc2ccc(C(C)(C)c3ccc(OCCCNC(=O)OC(C)(C)C)cc3)cc2)n1. The van der Waals surface area contributed by atoms with E-state index in [2.05, 4.69) is 53.2 Å². The lowest BCUT2D eigenvalue weighted by molar-refractivity contribution is 0.0524. The molecule has 3 aromatic rings. The zero-order valence-electron chi connectivity index (χ0n) is 22.8. The molecule has 1 heterocycles. The van der Waals surface area contributed by atoms with Crippen LogP contribution in [-0.2, 0) is 21.5 Å². The molecular formula is C29H36N2O6S. The highest BCUT2D eigenvalue weighted by Crippen LogP contribution is 2.33. The van der Waals surface area contributed by atoms with E-state index in [1.807, 2.05) is 45.0 Å². The van der Waals surface area contributed by atoms with Gasteiger partial charge in [-0.1, -0.05) is 38.1 Å². The first-order valence-corrected chi connectivity index (χ1v) is 13.3. The molecule has 0 saturated carbocycles. The number of benzene rings is 2. The molecule has 1 N–H and O–H groups in total. The summed E-state index contributed by atoms with van der Waals surface area (Å²) in [4.78, 5) is 27.5. The van der Waals surface area contributed by atoms with Crippen molar-refractivity contribution in [2.45, 2.75) is 58.7 Å². The maximum Gasteiger partial charge on any atom is 0.407 e. The minimum Gasteiger partial charge on any atom is -0.494 e. The fourth-order valence-electron chi connectivity index (χ4n) is 3.59. The summed E-state index contributed by atoms with van der Waals surface area (Å²) in [6.07, 6.45) is 0.257. The Hall–Kier alpha value is -3.59. The predicted molar refractivity (Wildman–Crippen MR) is 147 cm³/mol. The predicted octanol–water partition coefficient (Wildman–Crippen LogP) is 6.13. The van der Waals surface area contributed by atoms with Gasteiger partial charge in [0.25, 0.3) is 0 Å². The third kappa shape index (κ3) is 8.48. The smallest absolute Gasteiger partial charge is 0.407 e. The van der Waals surface area contributed by atoms with Gasteiger partial charge in [0, 0.05) is 17.3 Å². The van der Waals surface area contributed by atoms with Crippen molar-refractivity contribution in [1.29, 1.82) is 0 Å². The van der Waals surface area contributed by atoms with Gasteiger partial charge in [0.05, 0.1) is 13.7 Å². The summed E-state index contributed by atoms with van der Waals surface area (Å²) in [5.41, 5.74) is 1.86. The molecule has 0 radical (unpaired) electrons. The fraction of sp³-hybridized carbons (Fsp3) is 0.414. The van der Waals surface area contributed by atoms with Crippen molar-refractivity contribution in [3.05, 3.63) is 75.7 Å². The topological polar surface area (TPSA) is 96.0 Å². The van der Waals surface area contributed by atoms with Crippen LogP contribution in [0.15, 0.2) is 53.9 Å². The summed E-state index contributed by atoms with van der Waals surface area (Å²) in [5.74, 6) is 1.05. The minimum absolute atomic E-state index is 0.223. The number of nitrogens with one attached hydrogen (secondary N) is 1. The molecule has 0 spiro atoms. The number of methoxy groups -OCH3 is 1. The molecule has 3 rings (SSSR count). The van der Waals surface area contributed by atoms with Crippen molar-refractivity contribution in [3.8, 4) is 11.5 Å². The highest BCUT2D eigenvalue weighted by Gasteiger charge is 2.23. The van der Waals surface area contributed by atoms with E-state index in [1.165, 1.54) is 18.4 Å². The van der Waals surface area contributed by atoms with E-state index in [0.717, 1.165) is 22.6 Å². The Labute approximate surface area is 228 Å². The average molecular weight is 541 g/mol. The number of rotatable bonds is 11. The number of aromatic nitrogens is 1. The van der Waals surface area contributed by atoms with Crippen molar-refractivity contribution < 1.29 is 28.5 Å². The van der Waals surface area contributed by atoms with Crippen LogP contribution in [0.3, 0.4) is 0 Å². The third-order valence-electron chi connectivity index (χ3n) is 5.72. The maximum atomic E-state index is 11.7. The van der Waals surface area contributed by atoms with E-state index >= 15 is 0 Å². The molecule has 1 aromatic heterocycles. The Balaban J connectivity index is 1.48. The normalized spacial score (nSPS) is 11.5. The summed E-state index contributed by atoms with van der Waals surface area (Å²) in [5, 5.41) is 5.10. The fourth-order valence-corrected chi connectivity index (χ4v) is 4.26. The second-order valence-electron chi connectivity index (χ2n) is 10.2. The summed E-state index contributed by atoms with van der Waals surface area (Å²) in [6.45, 7) is 11.1. The van der Waals surface area contributed by atoms with E-state index < -0.39 is 17.7 Å². The van der Waals surface area contributed by atoms with Gasteiger partial charge in [0.15, 0.2) is 5.69 Å². The Bertz CT molecular complexity index is 1200. The lowest BCUT2D eigenvalue weighted by Crippen LogP contribution is -2.33. The van der Waals surface area contributed by atoms with Gasteiger partial charge >= 0.3 is 12.1 Å². The van der Waals surface area contributed by atoms with Crippen molar-refractivity contribution >= 4 is 23.4 Å². The number of alkyl carbamates (subject to hydrolysis) is 1. The van der Waals surface area contributed by atoms with Crippen molar-refractivity contribution in [1.82, 2.24) is 10.3 Å². The van der Waals surface area contributed by atoms with Gasteiger partial charge in [-0.15, -0.1) is 11.3 Å². The third-order valence-corrected chi connectivity index (χ3v) is 6.54. The van der Waals surface area contributed by atoms with Gasteiger partial charge in [-0.2, -0.15) is 0 Å². The number of carbonyl (C=O) groups is 2. The molecule has 204 valence electrons. The molecule has 8 nitrogen and oxygen atoms in total. The van der Waals surface area contributed by atoms with Gasteiger partial charge < -0.3 is 24.3 Å². The van der Waals surface area contributed by atoms with Gasteiger partial charge in [-0.3, -0.25) is 0 Å². The summed E-state index contributed by atoms with van der Waals surface area (Å²) in [7, 11) is 1.33. The first-order chi connectivity index (χ1) is 18.0. The zero-order valence-corrected chi connectivity index (χ0v) is 23.6. The average Bonchev–Trinajstić information content (AvgIpc) is 3.35. The van der Waals surface area contributed by atoms with E-state index in [0.29, 0.717) is 30.3 Å². The van der Waals surface area contributed by atoms with E-state index in [9.17, 15) is 9.59 Å².